The summed E-state index contributed by atoms with van der Waals surface area (Å²) in [5.74, 6) is 0.383. The first-order valence-corrected chi connectivity index (χ1v) is 7.42. The third kappa shape index (κ3) is 2.65. The molecule has 1 aromatic carbocycles. The van der Waals surface area contributed by atoms with Crippen molar-refractivity contribution in [3.63, 3.8) is 0 Å². The van der Waals surface area contributed by atoms with Crippen LogP contribution in [0.5, 0.6) is 0 Å². The number of carbonyl (C=O) groups excluding carboxylic acids is 1. The Morgan fingerprint density at radius 3 is 2.86 bits per heavy atom. The minimum atomic E-state index is -0.253. The summed E-state index contributed by atoms with van der Waals surface area (Å²) in [6.07, 6.45) is 1.73. The lowest BCUT2D eigenvalue weighted by atomic mass is 9.92. The molecule has 1 fully saturated rings. The molecule has 0 spiro atoms. The third-order valence-corrected chi connectivity index (χ3v) is 4.28. The average molecular weight is 305 g/mol. The van der Waals surface area contributed by atoms with E-state index < -0.39 is 0 Å². The second-order valence-corrected chi connectivity index (χ2v) is 5.85. The number of benzene rings is 1. The average Bonchev–Trinajstić information content (AvgIpc) is 2.46. The maximum absolute atomic E-state index is 11.5. The summed E-state index contributed by atoms with van der Waals surface area (Å²) >= 11 is 6.05. The van der Waals surface area contributed by atoms with Crippen LogP contribution >= 0.6 is 11.6 Å². The Morgan fingerprint density at radius 2 is 2.10 bits per heavy atom. The molecular formula is C15H17ClN4O. The largest absolute Gasteiger partial charge is 0.369 e. The molecule has 0 radical (unpaired) electrons. The minimum Gasteiger partial charge on any atom is -0.369 e. The van der Waals surface area contributed by atoms with Crippen molar-refractivity contribution < 1.29 is 4.79 Å². The van der Waals surface area contributed by atoms with E-state index in [0.29, 0.717) is 6.54 Å². The van der Waals surface area contributed by atoms with E-state index in [1.54, 1.807) is 0 Å². The summed E-state index contributed by atoms with van der Waals surface area (Å²) in [5, 5.41) is 1.16. The molecule has 21 heavy (non-hydrogen) atoms. The van der Waals surface area contributed by atoms with E-state index in [2.05, 4.69) is 21.8 Å². The number of piperidine rings is 1. The predicted molar refractivity (Wildman–Crippen MR) is 83.3 cm³/mol. The van der Waals surface area contributed by atoms with Gasteiger partial charge in [0, 0.05) is 18.0 Å². The molecule has 1 saturated heterocycles. The Labute approximate surface area is 128 Å². The van der Waals surface area contributed by atoms with Gasteiger partial charge < -0.3 is 10.6 Å². The second kappa shape index (κ2) is 5.48. The van der Waals surface area contributed by atoms with Gasteiger partial charge in [0.05, 0.1) is 11.4 Å². The highest BCUT2D eigenvalue weighted by Crippen LogP contribution is 2.31. The van der Waals surface area contributed by atoms with Crippen LogP contribution in [0.15, 0.2) is 24.3 Å². The van der Waals surface area contributed by atoms with Crippen molar-refractivity contribution in [2.75, 3.05) is 11.4 Å². The fraction of sp³-hybridized carbons (Fsp3) is 0.400. The lowest BCUT2D eigenvalue weighted by molar-refractivity contribution is -0.122. The number of anilines is 1. The molecule has 2 aromatic rings. The minimum absolute atomic E-state index is 0.145. The van der Waals surface area contributed by atoms with Gasteiger partial charge in [-0.15, -0.1) is 0 Å². The van der Waals surface area contributed by atoms with Crippen LogP contribution in [0.2, 0.25) is 5.28 Å². The van der Waals surface area contributed by atoms with Crippen LogP contribution in [0.3, 0.4) is 0 Å². The summed E-state index contributed by atoms with van der Waals surface area (Å²) in [4.78, 5) is 22.3. The van der Waals surface area contributed by atoms with E-state index in [1.165, 1.54) is 0 Å². The summed E-state index contributed by atoms with van der Waals surface area (Å²) in [6, 6.07) is 8.04. The van der Waals surface area contributed by atoms with Crippen molar-refractivity contribution in [1.29, 1.82) is 0 Å². The maximum atomic E-state index is 11.5. The summed E-state index contributed by atoms with van der Waals surface area (Å²) in [5.41, 5.74) is 6.28. The van der Waals surface area contributed by atoms with Gasteiger partial charge in [0.25, 0.3) is 0 Å². The smallest absolute Gasteiger partial charge is 0.224 e. The SMILES string of the molecule is CC1CCC(C(N)=O)CN1c1nc(Cl)nc2ccccc12. The lowest BCUT2D eigenvalue weighted by Crippen LogP contribution is -2.46. The highest BCUT2D eigenvalue weighted by atomic mass is 35.5. The van der Waals surface area contributed by atoms with Crippen molar-refractivity contribution >= 4 is 34.2 Å². The molecule has 1 aliphatic heterocycles. The number of fused-ring (bicyclic) bond motifs is 1. The number of amides is 1. The number of aromatic nitrogens is 2. The van der Waals surface area contributed by atoms with Gasteiger partial charge >= 0.3 is 0 Å². The fourth-order valence-electron chi connectivity index (χ4n) is 2.89. The standard InChI is InChI=1S/C15H17ClN4O/c1-9-6-7-10(13(17)21)8-20(9)14-11-4-2-3-5-12(11)18-15(16)19-14/h2-5,9-10H,6-8H2,1H3,(H2,17,21). The van der Waals surface area contributed by atoms with E-state index in [-0.39, 0.29) is 23.2 Å². The second-order valence-electron chi connectivity index (χ2n) is 5.51. The molecule has 1 amide bonds. The molecule has 2 unspecified atom stereocenters. The zero-order valence-corrected chi connectivity index (χ0v) is 12.5. The molecule has 2 N–H and O–H groups in total. The number of nitrogens with two attached hydrogens (primary N) is 1. The van der Waals surface area contributed by atoms with Gasteiger partial charge in [0.15, 0.2) is 0 Å². The van der Waals surface area contributed by atoms with Crippen LogP contribution in [0.25, 0.3) is 10.9 Å². The molecule has 0 aliphatic carbocycles. The highest BCUT2D eigenvalue weighted by molar-refractivity contribution is 6.28. The van der Waals surface area contributed by atoms with E-state index >= 15 is 0 Å². The quantitative estimate of drug-likeness (QED) is 0.865. The Balaban J connectivity index is 2.07. The van der Waals surface area contributed by atoms with Crippen molar-refractivity contribution in [3.8, 4) is 0 Å². The Morgan fingerprint density at radius 1 is 1.33 bits per heavy atom. The molecule has 1 aliphatic rings. The van der Waals surface area contributed by atoms with Crippen molar-refractivity contribution in [2.24, 2.45) is 11.7 Å². The number of rotatable bonds is 2. The predicted octanol–water partition coefficient (Wildman–Crippen LogP) is 2.37. The molecule has 0 saturated carbocycles. The Kier molecular flexibility index (Phi) is 3.68. The van der Waals surface area contributed by atoms with Gasteiger partial charge in [-0.3, -0.25) is 4.79 Å². The molecule has 2 atom stereocenters. The van der Waals surface area contributed by atoms with Gasteiger partial charge in [-0.05, 0) is 43.5 Å². The number of halogens is 1. The zero-order chi connectivity index (χ0) is 15.0. The number of hydrogen-bond acceptors (Lipinski definition) is 4. The van der Waals surface area contributed by atoms with Crippen LogP contribution in [0, 0.1) is 5.92 Å². The molecule has 3 rings (SSSR count). The van der Waals surface area contributed by atoms with Crippen molar-refractivity contribution in [3.05, 3.63) is 29.5 Å². The Bertz CT molecular complexity index is 690. The molecule has 1 aromatic heterocycles. The monoisotopic (exact) mass is 304 g/mol. The van der Waals surface area contributed by atoms with Gasteiger partial charge in [-0.1, -0.05) is 12.1 Å². The van der Waals surface area contributed by atoms with Gasteiger partial charge in [-0.2, -0.15) is 4.98 Å². The van der Waals surface area contributed by atoms with Crippen LogP contribution in [-0.2, 0) is 4.79 Å². The van der Waals surface area contributed by atoms with Crippen molar-refractivity contribution in [1.82, 2.24) is 9.97 Å². The van der Waals surface area contributed by atoms with Crippen LogP contribution in [-0.4, -0.2) is 28.5 Å². The molecule has 6 heteroatoms. The van der Waals surface area contributed by atoms with Crippen LogP contribution in [0.4, 0.5) is 5.82 Å². The van der Waals surface area contributed by atoms with Gasteiger partial charge in [0.1, 0.15) is 5.82 Å². The molecule has 110 valence electrons. The van der Waals surface area contributed by atoms with Crippen LogP contribution < -0.4 is 10.6 Å². The first kappa shape index (κ1) is 14.1. The molecular weight excluding hydrogens is 288 g/mol. The van der Waals surface area contributed by atoms with E-state index in [0.717, 1.165) is 29.6 Å². The maximum Gasteiger partial charge on any atom is 0.224 e. The third-order valence-electron chi connectivity index (χ3n) is 4.11. The van der Waals surface area contributed by atoms with E-state index in [9.17, 15) is 4.79 Å². The van der Waals surface area contributed by atoms with E-state index in [4.69, 9.17) is 17.3 Å². The van der Waals surface area contributed by atoms with Crippen LogP contribution in [0.1, 0.15) is 19.8 Å². The van der Waals surface area contributed by atoms with Crippen molar-refractivity contribution in [2.45, 2.75) is 25.8 Å². The number of primary amides is 1. The molecule has 0 bridgehead atoms. The van der Waals surface area contributed by atoms with Gasteiger partial charge in [-0.25, -0.2) is 4.98 Å². The lowest BCUT2D eigenvalue weighted by Gasteiger charge is -2.38. The number of hydrogen-bond donors (Lipinski definition) is 1. The molecule has 5 nitrogen and oxygen atoms in total. The number of nitrogens with zero attached hydrogens (tertiary/aromatic N) is 3. The van der Waals surface area contributed by atoms with E-state index in [1.807, 2.05) is 24.3 Å². The first-order valence-electron chi connectivity index (χ1n) is 7.04. The normalized spacial score (nSPS) is 22.5. The number of para-hydroxylation sites is 1. The highest BCUT2D eigenvalue weighted by Gasteiger charge is 2.30. The Hall–Kier alpha value is -1.88. The molecule has 2 heterocycles. The summed E-state index contributed by atoms with van der Waals surface area (Å²) in [7, 11) is 0. The summed E-state index contributed by atoms with van der Waals surface area (Å²) < 4.78 is 0. The number of carbonyl (C=O) groups is 1. The summed E-state index contributed by atoms with van der Waals surface area (Å²) in [6.45, 7) is 2.70. The van der Waals surface area contributed by atoms with Gasteiger partial charge in [0.2, 0.25) is 11.2 Å². The topological polar surface area (TPSA) is 72.1 Å². The zero-order valence-electron chi connectivity index (χ0n) is 11.8. The first-order chi connectivity index (χ1) is 10.1. The fourth-order valence-corrected chi connectivity index (χ4v) is 3.06.